The number of hydrogen-bond donors (Lipinski definition) is 0. The van der Waals surface area contributed by atoms with Gasteiger partial charge in [-0.1, -0.05) is 18.1 Å². The summed E-state index contributed by atoms with van der Waals surface area (Å²) in [5, 5.41) is 7.56. The van der Waals surface area contributed by atoms with Crippen molar-refractivity contribution in [3.63, 3.8) is 0 Å². The molecule has 1 fully saturated rings. The molecule has 0 spiro atoms. The van der Waals surface area contributed by atoms with Gasteiger partial charge in [0, 0.05) is 0 Å². The molecular weight excluding hydrogens is 126 g/mol. The second-order valence-corrected chi connectivity index (χ2v) is 2.77. The van der Waals surface area contributed by atoms with E-state index in [9.17, 15) is 0 Å². The van der Waals surface area contributed by atoms with Gasteiger partial charge in [-0.2, -0.15) is 0 Å². The van der Waals surface area contributed by atoms with Gasteiger partial charge in [-0.15, -0.1) is 5.10 Å². The third kappa shape index (κ3) is 0.916. The molecule has 53 valence electrons. The van der Waals surface area contributed by atoms with Gasteiger partial charge in [0.1, 0.15) is 6.20 Å². The predicted octanol–water partition coefficient (Wildman–Crippen LogP) is 1.19. The van der Waals surface area contributed by atoms with E-state index in [1.807, 2.05) is 10.9 Å². The van der Waals surface area contributed by atoms with Crippen LogP contribution in [0.25, 0.3) is 0 Å². The highest BCUT2D eigenvalue weighted by molar-refractivity contribution is 4.75. The van der Waals surface area contributed by atoms with Crippen LogP contribution in [0, 0.1) is 6.20 Å². The van der Waals surface area contributed by atoms with E-state index < -0.39 is 0 Å². The molecule has 1 aromatic rings. The maximum absolute atomic E-state index is 3.91. The highest BCUT2D eigenvalue weighted by Crippen LogP contribution is 2.27. The molecule has 0 amide bonds. The number of hydrogen-bond acceptors (Lipinski definition) is 2. The molecule has 0 unspecified atom stereocenters. The molecule has 0 aliphatic heterocycles. The highest BCUT2D eigenvalue weighted by Gasteiger charge is 2.16. The molecule has 0 bridgehead atoms. The largest absolute Gasteiger partial charge is 0.249 e. The van der Waals surface area contributed by atoms with Crippen LogP contribution in [0.4, 0.5) is 0 Å². The van der Waals surface area contributed by atoms with Gasteiger partial charge < -0.3 is 0 Å². The number of rotatable bonds is 1. The van der Waals surface area contributed by atoms with E-state index in [-0.39, 0.29) is 0 Å². The van der Waals surface area contributed by atoms with Crippen molar-refractivity contribution in [2.45, 2.75) is 31.7 Å². The zero-order chi connectivity index (χ0) is 6.81. The first-order valence-electron chi connectivity index (χ1n) is 3.75. The molecule has 10 heavy (non-hydrogen) atoms. The Morgan fingerprint density at radius 1 is 1.40 bits per heavy atom. The van der Waals surface area contributed by atoms with E-state index in [1.165, 1.54) is 25.7 Å². The molecule has 0 atom stereocenters. The number of aromatic nitrogens is 3. The van der Waals surface area contributed by atoms with Crippen LogP contribution in [0.2, 0.25) is 0 Å². The van der Waals surface area contributed by atoms with Gasteiger partial charge in [0.2, 0.25) is 0 Å². The first-order chi connectivity index (χ1) is 4.97. The SMILES string of the molecule is [c]1cn(C2CCCC2)nn1. The van der Waals surface area contributed by atoms with Crippen molar-refractivity contribution >= 4 is 0 Å². The van der Waals surface area contributed by atoms with Gasteiger partial charge in [-0.05, 0) is 12.8 Å². The summed E-state index contributed by atoms with van der Waals surface area (Å²) in [5.41, 5.74) is 0. The average Bonchev–Trinajstić information content (AvgIpc) is 2.59. The summed E-state index contributed by atoms with van der Waals surface area (Å²) in [6.45, 7) is 0. The van der Waals surface area contributed by atoms with Gasteiger partial charge in [0.05, 0.1) is 12.2 Å². The van der Waals surface area contributed by atoms with Crippen molar-refractivity contribution in [2.75, 3.05) is 0 Å². The number of nitrogens with zero attached hydrogens (tertiary/aromatic N) is 3. The Bertz CT molecular complexity index is 187. The Balaban J connectivity index is 2.12. The minimum atomic E-state index is 0.610. The van der Waals surface area contributed by atoms with Crippen LogP contribution in [-0.2, 0) is 0 Å². The summed E-state index contributed by atoms with van der Waals surface area (Å²) in [4.78, 5) is 0. The lowest BCUT2D eigenvalue weighted by Crippen LogP contribution is -2.04. The first kappa shape index (κ1) is 5.89. The third-order valence-electron chi connectivity index (χ3n) is 2.09. The van der Waals surface area contributed by atoms with Crippen molar-refractivity contribution < 1.29 is 0 Å². The van der Waals surface area contributed by atoms with Gasteiger partial charge in [0.15, 0.2) is 0 Å². The van der Waals surface area contributed by atoms with E-state index in [1.54, 1.807) is 0 Å². The lowest BCUT2D eigenvalue weighted by molar-refractivity contribution is 0.454. The maximum Gasteiger partial charge on any atom is 0.134 e. The van der Waals surface area contributed by atoms with Crippen molar-refractivity contribution in [3.05, 3.63) is 12.4 Å². The average molecular weight is 136 g/mol. The van der Waals surface area contributed by atoms with Crippen molar-refractivity contribution in [1.82, 2.24) is 15.0 Å². The van der Waals surface area contributed by atoms with E-state index in [2.05, 4.69) is 16.5 Å². The van der Waals surface area contributed by atoms with E-state index in [0.717, 1.165) is 0 Å². The molecule has 2 rings (SSSR count). The fourth-order valence-corrected chi connectivity index (χ4v) is 1.54. The third-order valence-corrected chi connectivity index (χ3v) is 2.09. The fourth-order valence-electron chi connectivity index (χ4n) is 1.54. The van der Waals surface area contributed by atoms with Crippen LogP contribution in [0.3, 0.4) is 0 Å². The molecule has 0 saturated heterocycles. The Morgan fingerprint density at radius 2 is 2.20 bits per heavy atom. The summed E-state index contributed by atoms with van der Waals surface area (Å²) in [6, 6.07) is 0.610. The van der Waals surface area contributed by atoms with Gasteiger partial charge in [-0.3, -0.25) is 0 Å². The quantitative estimate of drug-likeness (QED) is 0.580. The first-order valence-corrected chi connectivity index (χ1v) is 3.75. The second kappa shape index (κ2) is 2.40. The second-order valence-electron chi connectivity index (χ2n) is 2.77. The lowest BCUT2D eigenvalue weighted by Gasteiger charge is -2.06. The molecule has 1 aromatic heterocycles. The molecule has 1 heterocycles. The summed E-state index contributed by atoms with van der Waals surface area (Å²) < 4.78 is 1.92. The molecule has 0 N–H and O–H groups in total. The highest BCUT2D eigenvalue weighted by atomic mass is 15.4. The van der Waals surface area contributed by atoms with Crippen LogP contribution in [0.15, 0.2) is 6.20 Å². The summed E-state index contributed by atoms with van der Waals surface area (Å²) >= 11 is 0. The Hall–Kier alpha value is -0.860. The minimum Gasteiger partial charge on any atom is -0.249 e. The fraction of sp³-hybridized carbons (Fsp3) is 0.714. The molecule has 3 heteroatoms. The van der Waals surface area contributed by atoms with Gasteiger partial charge >= 0.3 is 0 Å². The predicted molar refractivity (Wildman–Crippen MR) is 36.4 cm³/mol. The van der Waals surface area contributed by atoms with E-state index >= 15 is 0 Å². The zero-order valence-electron chi connectivity index (χ0n) is 5.82. The van der Waals surface area contributed by atoms with Crippen LogP contribution in [0.5, 0.6) is 0 Å². The monoisotopic (exact) mass is 136 g/mol. The van der Waals surface area contributed by atoms with Crippen LogP contribution in [0.1, 0.15) is 31.7 Å². The normalized spacial score (nSPS) is 20.0. The molecule has 1 radical (unpaired) electrons. The minimum absolute atomic E-state index is 0.610. The summed E-state index contributed by atoms with van der Waals surface area (Å²) in [6.07, 6.45) is 9.74. The van der Waals surface area contributed by atoms with Crippen LogP contribution in [-0.4, -0.2) is 15.0 Å². The molecular formula is C7H10N3. The Kier molecular flexibility index (Phi) is 1.42. The zero-order valence-corrected chi connectivity index (χ0v) is 5.82. The standard InChI is InChI=1S/C7H10N3/c1-2-4-7(3-1)10-6-5-8-9-10/h6-7H,1-4H2. The summed E-state index contributed by atoms with van der Waals surface area (Å²) in [7, 11) is 0. The molecule has 1 aliphatic carbocycles. The van der Waals surface area contributed by atoms with Gasteiger partial charge in [-0.25, -0.2) is 4.68 Å². The Labute approximate surface area is 60.0 Å². The lowest BCUT2D eigenvalue weighted by atomic mass is 10.3. The van der Waals surface area contributed by atoms with Crippen molar-refractivity contribution in [2.24, 2.45) is 0 Å². The van der Waals surface area contributed by atoms with Crippen molar-refractivity contribution in [3.8, 4) is 0 Å². The maximum atomic E-state index is 3.91. The van der Waals surface area contributed by atoms with E-state index in [0.29, 0.717) is 6.04 Å². The summed E-state index contributed by atoms with van der Waals surface area (Å²) in [5.74, 6) is 0. The molecule has 0 aromatic carbocycles. The Morgan fingerprint density at radius 3 is 2.80 bits per heavy atom. The van der Waals surface area contributed by atoms with Crippen molar-refractivity contribution in [1.29, 1.82) is 0 Å². The topological polar surface area (TPSA) is 30.7 Å². The molecule has 1 saturated carbocycles. The molecule has 3 nitrogen and oxygen atoms in total. The van der Waals surface area contributed by atoms with Crippen LogP contribution < -0.4 is 0 Å². The van der Waals surface area contributed by atoms with E-state index in [4.69, 9.17) is 0 Å². The molecule has 1 aliphatic rings. The van der Waals surface area contributed by atoms with Gasteiger partial charge in [0.25, 0.3) is 0 Å². The smallest absolute Gasteiger partial charge is 0.134 e. The van der Waals surface area contributed by atoms with Crippen LogP contribution >= 0.6 is 0 Å².